The Hall–Kier alpha value is -0.580. The lowest BCUT2D eigenvalue weighted by atomic mass is 10.2. The van der Waals surface area contributed by atoms with Crippen LogP contribution >= 0.6 is 22.6 Å². The van der Waals surface area contributed by atoms with Crippen LogP contribution in [-0.4, -0.2) is 23.9 Å². The van der Waals surface area contributed by atoms with Gasteiger partial charge in [-0.1, -0.05) is 6.07 Å². The Morgan fingerprint density at radius 1 is 1.50 bits per heavy atom. The molecule has 3 heteroatoms. The molecule has 1 amide bonds. The van der Waals surface area contributed by atoms with Crippen LogP contribution in [0.15, 0.2) is 24.3 Å². The van der Waals surface area contributed by atoms with Gasteiger partial charge in [0.25, 0.3) is 5.91 Å². The summed E-state index contributed by atoms with van der Waals surface area (Å²) in [6.07, 6.45) is 2.58. The first-order valence-electron chi connectivity index (χ1n) is 5.75. The van der Waals surface area contributed by atoms with Crippen molar-refractivity contribution in [2.24, 2.45) is 5.92 Å². The molecular weight excluding hydrogens is 313 g/mol. The molecule has 0 spiro atoms. The smallest absolute Gasteiger partial charge is 0.253 e. The van der Waals surface area contributed by atoms with Crippen LogP contribution in [0.4, 0.5) is 0 Å². The maximum absolute atomic E-state index is 12.2. The topological polar surface area (TPSA) is 20.3 Å². The predicted octanol–water partition coefficient (Wildman–Crippen LogP) is 3.16. The van der Waals surface area contributed by atoms with Crippen molar-refractivity contribution in [1.82, 2.24) is 4.90 Å². The van der Waals surface area contributed by atoms with E-state index in [0.29, 0.717) is 0 Å². The zero-order valence-corrected chi connectivity index (χ0v) is 11.6. The number of halogens is 1. The van der Waals surface area contributed by atoms with Crippen molar-refractivity contribution in [1.29, 1.82) is 0 Å². The van der Waals surface area contributed by atoms with Crippen molar-refractivity contribution < 1.29 is 4.79 Å². The molecule has 16 heavy (non-hydrogen) atoms. The van der Waals surface area contributed by atoms with Crippen LogP contribution in [0.3, 0.4) is 0 Å². The van der Waals surface area contributed by atoms with E-state index in [0.717, 1.165) is 28.1 Å². The molecule has 0 unspecified atom stereocenters. The fourth-order valence-corrected chi connectivity index (χ4v) is 2.31. The zero-order chi connectivity index (χ0) is 11.5. The first-order valence-corrected chi connectivity index (χ1v) is 6.83. The van der Waals surface area contributed by atoms with Crippen molar-refractivity contribution in [3.8, 4) is 0 Å². The van der Waals surface area contributed by atoms with E-state index in [1.807, 2.05) is 36.1 Å². The Morgan fingerprint density at radius 3 is 2.81 bits per heavy atom. The lowest BCUT2D eigenvalue weighted by molar-refractivity contribution is 0.0757. The van der Waals surface area contributed by atoms with Gasteiger partial charge in [-0.3, -0.25) is 4.79 Å². The zero-order valence-electron chi connectivity index (χ0n) is 9.45. The van der Waals surface area contributed by atoms with Gasteiger partial charge in [-0.25, -0.2) is 0 Å². The van der Waals surface area contributed by atoms with Gasteiger partial charge in [0.05, 0.1) is 0 Å². The Morgan fingerprint density at radius 2 is 2.25 bits per heavy atom. The number of nitrogens with zero attached hydrogens (tertiary/aromatic N) is 1. The molecule has 0 saturated heterocycles. The standard InChI is InChI=1S/C13H16INO/c1-2-15(9-10-6-7-10)13(16)11-4-3-5-12(14)8-11/h3-5,8,10H,2,6-7,9H2,1H3. The third kappa shape index (κ3) is 2.97. The Kier molecular flexibility index (Phi) is 3.84. The van der Waals surface area contributed by atoms with E-state index in [2.05, 4.69) is 22.6 Å². The highest BCUT2D eigenvalue weighted by atomic mass is 127. The Bertz CT molecular complexity index is 387. The Balaban J connectivity index is 2.09. The summed E-state index contributed by atoms with van der Waals surface area (Å²) in [5.41, 5.74) is 0.814. The molecule has 1 aliphatic rings. The van der Waals surface area contributed by atoms with Gasteiger partial charge in [-0.15, -0.1) is 0 Å². The number of rotatable bonds is 4. The van der Waals surface area contributed by atoms with Gasteiger partial charge in [-0.2, -0.15) is 0 Å². The number of hydrogen-bond donors (Lipinski definition) is 0. The summed E-state index contributed by atoms with van der Waals surface area (Å²) >= 11 is 2.24. The summed E-state index contributed by atoms with van der Waals surface area (Å²) in [6, 6.07) is 7.81. The van der Waals surface area contributed by atoms with Gasteiger partial charge >= 0.3 is 0 Å². The number of benzene rings is 1. The number of hydrogen-bond acceptors (Lipinski definition) is 1. The molecule has 0 aromatic heterocycles. The van der Waals surface area contributed by atoms with Crippen LogP contribution in [0.25, 0.3) is 0 Å². The minimum atomic E-state index is 0.174. The van der Waals surface area contributed by atoms with Gasteiger partial charge in [0.1, 0.15) is 0 Å². The van der Waals surface area contributed by atoms with Crippen LogP contribution in [0.5, 0.6) is 0 Å². The van der Waals surface area contributed by atoms with E-state index in [1.54, 1.807) is 0 Å². The van der Waals surface area contributed by atoms with E-state index in [1.165, 1.54) is 12.8 Å². The number of carbonyl (C=O) groups is 1. The van der Waals surface area contributed by atoms with Gasteiger partial charge < -0.3 is 4.90 Å². The molecule has 0 heterocycles. The SMILES string of the molecule is CCN(CC1CC1)C(=O)c1cccc(I)c1. The normalized spacial score (nSPS) is 14.9. The summed E-state index contributed by atoms with van der Waals surface area (Å²) in [5, 5.41) is 0. The molecule has 0 radical (unpaired) electrons. The number of amides is 1. The van der Waals surface area contributed by atoms with Crippen molar-refractivity contribution in [3.63, 3.8) is 0 Å². The second-order valence-corrected chi connectivity index (χ2v) is 5.54. The molecule has 2 rings (SSSR count). The molecule has 0 N–H and O–H groups in total. The monoisotopic (exact) mass is 329 g/mol. The lowest BCUT2D eigenvalue weighted by Crippen LogP contribution is -2.32. The van der Waals surface area contributed by atoms with Crippen molar-refractivity contribution in [3.05, 3.63) is 33.4 Å². The van der Waals surface area contributed by atoms with Crippen LogP contribution in [0, 0.1) is 9.49 Å². The minimum Gasteiger partial charge on any atom is -0.339 e. The van der Waals surface area contributed by atoms with Gasteiger partial charge in [0, 0.05) is 22.2 Å². The summed E-state index contributed by atoms with van der Waals surface area (Å²) in [7, 11) is 0. The maximum Gasteiger partial charge on any atom is 0.253 e. The molecule has 86 valence electrons. The van der Waals surface area contributed by atoms with Gasteiger partial charge in [-0.05, 0) is 66.5 Å². The molecule has 0 bridgehead atoms. The van der Waals surface area contributed by atoms with Crippen molar-refractivity contribution >= 4 is 28.5 Å². The third-order valence-corrected chi connectivity index (χ3v) is 3.59. The highest BCUT2D eigenvalue weighted by Crippen LogP contribution is 2.30. The van der Waals surface area contributed by atoms with Gasteiger partial charge in [0.15, 0.2) is 0 Å². The second kappa shape index (κ2) is 5.17. The minimum absolute atomic E-state index is 0.174. The summed E-state index contributed by atoms with van der Waals surface area (Å²) in [5.74, 6) is 0.930. The van der Waals surface area contributed by atoms with Gasteiger partial charge in [0.2, 0.25) is 0 Å². The average molecular weight is 329 g/mol. The third-order valence-electron chi connectivity index (χ3n) is 2.92. The highest BCUT2D eigenvalue weighted by Gasteiger charge is 2.26. The van der Waals surface area contributed by atoms with E-state index in [-0.39, 0.29) is 5.91 Å². The maximum atomic E-state index is 12.2. The first kappa shape index (κ1) is 11.9. The molecular formula is C13H16INO. The first-order chi connectivity index (χ1) is 7.70. The molecule has 1 aromatic rings. The molecule has 0 aliphatic heterocycles. The largest absolute Gasteiger partial charge is 0.339 e. The van der Waals surface area contributed by atoms with Crippen LogP contribution < -0.4 is 0 Å². The molecule has 1 aromatic carbocycles. The average Bonchev–Trinajstić information content (AvgIpc) is 3.09. The van der Waals surface area contributed by atoms with E-state index in [9.17, 15) is 4.79 Å². The van der Waals surface area contributed by atoms with E-state index >= 15 is 0 Å². The molecule has 2 nitrogen and oxygen atoms in total. The lowest BCUT2D eigenvalue weighted by Gasteiger charge is -2.20. The molecule has 1 saturated carbocycles. The van der Waals surface area contributed by atoms with E-state index < -0.39 is 0 Å². The van der Waals surface area contributed by atoms with Crippen molar-refractivity contribution in [2.75, 3.05) is 13.1 Å². The quantitative estimate of drug-likeness (QED) is 0.777. The fourth-order valence-electron chi connectivity index (χ4n) is 1.77. The van der Waals surface area contributed by atoms with Crippen LogP contribution in [0.1, 0.15) is 30.1 Å². The number of carbonyl (C=O) groups excluding carboxylic acids is 1. The summed E-state index contributed by atoms with van der Waals surface area (Å²) < 4.78 is 1.12. The van der Waals surface area contributed by atoms with Crippen LogP contribution in [0.2, 0.25) is 0 Å². The molecule has 1 aliphatic carbocycles. The van der Waals surface area contributed by atoms with Crippen LogP contribution in [-0.2, 0) is 0 Å². The summed E-state index contributed by atoms with van der Waals surface area (Å²) in [4.78, 5) is 14.2. The highest BCUT2D eigenvalue weighted by molar-refractivity contribution is 14.1. The second-order valence-electron chi connectivity index (χ2n) is 4.30. The predicted molar refractivity (Wildman–Crippen MR) is 73.5 cm³/mol. The van der Waals surface area contributed by atoms with Crippen molar-refractivity contribution in [2.45, 2.75) is 19.8 Å². The molecule has 1 fully saturated rings. The Labute approximate surface area is 110 Å². The molecule has 0 atom stereocenters. The summed E-state index contributed by atoms with van der Waals surface area (Å²) in [6.45, 7) is 3.79. The fraction of sp³-hybridized carbons (Fsp3) is 0.462. The van der Waals surface area contributed by atoms with E-state index in [4.69, 9.17) is 0 Å².